The SMILES string of the molecule is Cc1ccc(C)c(NC(=O)[C@@H](OC(=O)c2ccc3c(c2)OCCO3)c2ccccc2)c1. The van der Waals surface area contributed by atoms with E-state index in [-0.39, 0.29) is 5.56 Å². The smallest absolute Gasteiger partial charge is 0.339 e. The van der Waals surface area contributed by atoms with Crippen LogP contribution >= 0.6 is 0 Å². The fraction of sp³-hybridized carbons (Fsp3) is 0.200. The Morgan fingerprint density at radius 3 is 2.42 bits per heavy atom. The van der Waals surface area contributed by atoms with Crippen molar-refractivity contribution in [2.75, 3.05) is 18.5 Å². The molecule has 0 fully saturated rings. The van der Waals surface area contributed by atoms with Crippen LogP contribution in [0.1, 0.15) is 33.2 Å². The lowest BCUT2D eigenvalue weighted by atomic mass is 10.1. The van der Waals surface area contributed by atoms with Gasteiger partial charge in [-0.1, -0.05) is 42.5 Å². The molecule has 1 aliphatic heterocycles. The lowest BCUT2D eigenvalue weighted by Gasteiger charge is -2.21. The molecule has 0 bridgehead atoms. The molecule has 6 nitrogen and oxygen atoms in total. The predicted molar refractivity (Wildman–Crippen MR) is 117 cm³/mol. The Balaban J connectivity index is 1.59. The molecule has 1 N–H and O–H groups in total. The Labute approximate surface area is 180 Å². The number of carbonyl (C=O) groups is 2. The van der Waals surface area contributed by atoms with Crippen LogP contribution in [0.4, 0.5) is 5.69 Å². The minimum Gasteiger partial charge on any atom is -0.486 e. The molecule has 3 aromatic carbocycles. The van der Waals surface area contributed by atoms with Crippen LogP contribution in [0.15, 0.2) is 66.7 Å². The average molecular weight is 417 g/mol. The normalized spacial score (nSPS) is 13.2. The molecule has 0 spiro atoms. The van der Waals surface area contributed by atoms with Crippen LogP contribution in [0, 0.1) is 13.8 Å². The molecule has 31 heavy (non-hydrogen) atoms. The fourth-order valence-electron chi connectivity index (χ4n) is 3.31. The summed E-state index contributed by atoms with van der Waals surface area (Å²) in [6, 6.07) is 19.6. The quantitative estimate of drug-likeness (QED) is 0.614. The molecule has 1 heterocycles. The van der Waals surface area contributed by atoms with Gasteiger partial charge in [0.2, 0.25) is 6.10 Å². The third kappa shape index (κ3) is 4.69. The van der Waals surface area contributed by atoms with Crippen molar-refractivity contribution in [1.29, 1.82) is 0 Å². The van der Waals surface area contributed by atoms with Crippen molar-refractivity contribution in [2.45, 2.75) is 20.0 Å². The van der Waals surface area contributed by atoms with Crippen molar-refractivity contribution in [1.82, 2.24) is 0 Å². The summed E-state index contributed by atoms with van der Waals surface area (Å²) in [4.78, 5) is 26.0. The number of rotatable bonds is 5. The number of benzene rings is 3. The molecule has 0 aliphatic carbocycles. The first-order valence-corrected chi connectivity index (χ1v) is 10.0. The lowest BCUT2D eigenvalue weighted by molar-refractivity contribution is -0.125. The highest BCUT2D eigenvalue weighted by Crippen LogP contribution is 2.32. The van der Waals surface area contributed by atoms with Gasteiger partial charge in [0.15, 0.2) is 11.5 Å². The van der Waals surface area contributed by atoms with Crippen molar-refractivity contribution < 1.29 is 23.8 Å². The highest BCUT2D eigenvalue weighted by atomic mass is 16.6. The molecule has 6 heteroatoms. The second-order valence-corrected chi connectivity index (χ2v) is 7.36. The van der Waals surface area contributed by atoms with E-state index in [9.17, 15) is 9.59 Å². The van der Waals surface area contributed by atoms with Crippen LogP contribution in [-0.4, -0.2) is 25.1 Å². The van der Waals surface area contributed by atoms with E-state index >= 15 is 0 Å². The van der Waals surface area contributed by atoms with Crippen molar-refractivity contribution in [3.63, 3.8) is 0 Å². The molecule has 1 aliphatic rings. The van der Waals surface area contributed by atoms with Crippen molar-refractivity contribution >= 4 is 17.6 Å². The molecule has 1 amide bonds. The summed E-state index contributed by atoms with van der Waals surface area (Å²) in [5.41, 5.74) is 3.48. The summed E-state index contributed by atoms with van der Waals surface area (Å²) in [7, 11) is 0. The van der Waals surface area contributed by atoms with Crippen LogP contribution in [0.25, 0.3) is 0 Å². The average Bonchev–Trinajstić information content (AvgIpc) is 2.80. The zero-order valence-corrected chi connectivity index (χ0v) is 17.4. The van der Waals surface area contributed by atoms with Crippen LogP contribution in [-0.2, 0) is 9.53 Å². The highest BCUT2D eigenvalue weighted by Gasteiger charge is 2.27. The number of amides is 1. The van der Waals surface area contributed by atoms with Gasteiger partial charge in [0.05, 0.1) is 5.56 Å². The number of ether oxygens (including phenoxy) is 3. The zero-order valence-electron chi connectivity index (χ0n) is 17.4. The topological polar surface area (TPSA) is 73.9 Å². The van der Waals surface area contributed by atoms with Crippen LogP contribution < -0.4 is 14.8 Å². The second-order valence-electron chi connectivity index (χ2n) is 7.36. The van der Waals surface area contributed by atoms with Gasteiger partial charge < -0.3 is 19.5 Å². The Bertz CT molecular complexity index is 1110. The van der Waals surface area contributed by atoms with Gasteiger partial charge in [0, 0.05) is 11.3 Å². The second kappa shape index (κ2) is 8.92. The van der Waals surface area contributed by atoms with E-state index in [0.29, 0.717) is 36.0 Å². The molecule has 0 saturated carbocycles. The summed E-state index contributed by atoms with van der Waals surface area (Å²) in [6.45, 7) is 4.74. The number of carbonyl (C=O) groups excluding carboxylic acids is 2. The van der Waals surface area contributed by atoms with Gasteiger partial charge in [-0.25, -0.2) is 4.79 Å². The van der Waals surface area contributed by atoms with Gasteiger partial charge in [-0.05, 0) is 49.2 Å². The standard InChI is InChI=1S/C25H23NO5/c1-16-8-9-17(2)20(14-16)26-24(27)23(18-6-4-3-5-7-18)31-25(28)19-10-11-21-22(15-19)30-13-12-29-21/h3-11,14-15,23H,12-13H2,1-2H3,(H,26,27)/t23-/m0/s1. The first-order chi connectivity index (χ1) is 15.0. The molecular weight excluding hydrogens is 394 g/mol. The third-order valence-corrected chi connectivity index (χ3v) is 4.99. The van der Waals surface area contributed by atoms with E-state index in [1.807, 2.05) is 38.1 Å². The van der Waals surface area contributed by atoms with Gasteiger partial charge in [-0.3, -0.25) is 4.79 Å². The van der Waals surface area contributed by atoms with E-state index in [1.165, 1.54) is 0 Å². The number of esters is 1. The van der Waals surface area contributed by atoms with E-state index in [4.69, 9.17) is 14.2 Å². The first kappa shape index (κ1) is 20.5. The molecule has 3 aromatic rings. The number of nitrogens with one attached hydrogen (secondary N) is 1. The minimum absolute atomic E-state index is 0.282. The third-order valence-electron chi connectivity index (χ3n) is 4.99. The van der Waals surface area contributed by atoms with E-state index in [1.54, 1.807) is 42.5 Å². The maximum Gasteiger partial charge on any atom is 0.339 e. The fourth-order valence-corrected chi connectivity index (χ4v) is 3.31. The lowest BCUT2D eigenvalue weighted by Crippen LogP contribution is -2.26. The molecule has 0 unspecified atom stereocenters. The summed E-state index contributed by atoms with van der Waals surface area (Å²) in [5, 5.41) is 2.90. The summed E-state index contributed by atoms with van der Waals surface area (Å²) in [6.07, 6.45) is -1.11. The molecule has 4 rings (SSSR count). The number of anilines is 1. The number of fused-ring (bicyclic) bond motifs is 1. The summed E-state index contributed by atoms with van der Waals surface area (Å²) >= 11 is 0. The number of aryl methyl sites for hydroxylation is 2. The first-order valence-electron chi connectivity index (χ1n) is 10.0. The maximum absolute atomic E-state index is 13.1. The number of hydrogen-bond donors (Lipinski definition) is 1. The molecule has 0 aromatic heterocycles. The van der Waals surface area contributed by atoms with Gasteiger partial charge in [-0.15, -0.1) is 0 Å². The summed E-state index contributed by atoms with van der Waals surface area (Å²) < 4.78 is 16.7. The zero-order chi connectivity index (χ0) is 21.8. The molecular formula is C25H23NO5. The molecule has 1 atom stereocenters. The Hall–Kier alpha value is -3.80. The van der Waals surface area contributed by atoms with Crippen molar-refractivity contribution in [2.24, 2.45) is 0 Å². The Kier molecular flexibility index (Phi) is 5.89. The van der Waals surface area contributed by atoms with Crippen LogP contribution in [0.3, 0.4) is 0 Å². The largest absolute Gasteiger partial charge is 0.486 e. The van der Waals surface area contributed by atoms with Gasteiger partial charge in [0.25, 0.3) is 5.91 Å². The molecule has 158 valence electrons. The Morgan fingerprint density at radius 1 is 0.903 bits per heavy atom. The van der Waals surface area contributed by atoms with Gasteiger partial charge in [0.1, 0.15) is 13.2 Å². The van der Waals surface area contributed by atoms with Crippen molar-refractivity contribution in [3.05, 3.63) is 89.0 Å². The monoisotopic (exact) mass is 417 g/mol. The molecule has 0 saturated heterocycles. The van der Waals surface area contributed by atoms with E-state index < -0.39 is 18.0 Å². The minimum atomic E-state index is -1.11. The maximum atomic E-state index is 13.1. The number of hydrogen-bond acceptors (Lipinski definition) is 5. The van der Waals surface area contributed by atoms with E-state index in [2.05, 4.69) is 5.32 Å². The highest BCUT2D eigenvalue weighted by molar-refractivity contribution is 5.98. The predicted octanol–water partition coefficient (Wildman–Crippen LogP) is 4.61. The van der Waals surface area contributed by atoms with Gasteiger partial charge >= 0.3 is 5.97 Å². The van der Waals surface area contributed by atoms with Crippen LogP contribution in [0.5, 0.6) is 11.5 Å². The van der Waals surface area contributed by atoms with Crippen LogP contribution in [0.2, 0.25) is 0 Å². The molecule has 0 radical (unpaired) electrons. The Morgan fingerprint density at radius 2 is 1.65 bits per heavy atom. The summed E-state index contributed by atoms with van der Waals surface area (Å²) in [5.74, 6) is 0.0135. The van der Waals surface area contributed by atoms with Crippen molar-refractivity contribution in [3.8, 4) is 11.5 Å². The van der Waals surface area contributed by atoms with Gasteiger partial charge in [-0.2, -0.15) is 0 Å². The van der Waals surface area contributed by atoms with E-state index in [0.717, 1.165) is 11.1 Å².